The van der Waals surface area contributed by atoms with Crippen molar-refractivity contribution in [1.29, 1.82) is 0 Å². The summed E-state index contributed by atoms with van der Waals surface area (Å²) in [4.78, 5) is 10.1. The van der Waals surface area contributed by atoms with E-state index in [4.69, 9.17) is 27.9 Å². The predicted molar refractivity (Wildman–Crippen MR) is 113 cm³/mol. The van der Waals surface area contributed by atoms with Crippen molar-refractivity contribution >= 4 is 51.3 Å². The third-order valence-corrected chi connectivity index (χ3v) is 6.13. The quantitative estimate of drug-likeness (QED) is 0.473. The summed E-state index contributed by atoms with van der Waals surface area (Å²) >= 11 is 11.9. The molecule has 158 valence electrons. The molecule has 29 heavy (non-hydrogen) atoms. The van der Waals surface area contributed by atoms with Gasteiger partial charge in [-0.3, -0.25) is 10.1 Å². The summed E-state index contributed by atoms with van der Waals surface area (Å²) in [6, 6.07) is 7.55. The van der Waals surface area contributed by atoms with Crippen molar-refractivity contribution in [3.8, 4) is 11.5 Å². The van der Waals surface area contributed by atoms with Crippen LogP contribution in [0.25, 0.3) is 0 Å². The van der Waals surface area contributed by atoms with E-state index in [0.29, 0.717) is 36.0 Å². The Morgan fingerprint density at radius 2 is 1.72 bits per heavy atom. The molecule has 2 aromatic carbocycles. The number of non-ortho nitro benzene ring substituents is 1. The highest BCUT2D eigenvalue weighted by Gasteiger charge is 2.27. The molecule has 1 aliphatic heterocycles. The minimum absolute atomic E-state index is 0. The maximum atomic E-state index is 12.9. The van der Waals surface area contributed by atoms with E-state index in [1.807, 2.05) is 0 Å². The highest BCUT2D eigenvalue weighted by atomic mass is 35.5. The van der Waals surface area contributed by atoms with Crippen molar-refractivity contribution in [2.24, 2.45) is 0 Å². The van der Waals surface area contributed by atoms with Crippen molar-refractivity contribution in [1.82, 2.24) is 10.0 Å². The van der Waals surface area contributed by atoms with Crippen molar-refractivity contribution < 1.29 is 18.1 Å². The first-order valence-electron chi connectivity index (χ1n) is 8.40. The number of halogens is 3. The van der Waals surface area contributed by atoms with Crippen LogP contribution in [0.1, 0.15) is 12.8 Å². The number of sulfonamides is 1. The Hall–Kier alpha value is -1.62. The van der Waals surface area contributed by atoms with Crippen LogP contribution in [-0.4, -0.2) is 32.5 Å². The van der Waals surface area contributed by atoms with Crippen LogP contribution >= 0.6 is 35.6 Å². The van der Waals surface area contributed by atoms with E-state index < -0.39 is 14.9 Å². The van der Waals surface area contributed by atoms with Crippen LogP contribution in [0.2, 0.25) is 10.0 Å². The number of piperidine rings is 1. The maximum absolute atomic E-state index is 12.9. The Balaban J connectivity index is 0.00000300. The highest BCUT2D eigenvalue weighted by molar-refractivity contribution is 7.89. The molecule has 1 saturated heterocycles. The fourth-order valence-corrected chi connectivity index (χ4v) is 4.80. The molecule has 3 rings (SSSR count). The van der Waals surface area contributed by atoms with Crippen LogP contribution in [0.4, 0.5) is 5.69 Å². The average molecular weight is 483 g/mol. The number of nitro groups is 1. The summed E-state index contributed by atoms with van der Waals surface area (Å²) in [6.45, 7) is 1.37. The van der Waals surface area contributed by atoms with Gasteiger partial charge >= 0.3 is 0 Å². The summed E-state index contributed by atoms with van der Waals surface area (Å²) in [5.74, 6) is 0.148. The zero-order valence-corrected chi connectivity index (χ0v) is 18.1. The summed E-state index contributed by atoms with van der Waals surface area (Å²) in [6.07, 6.45) is 1.24. The molecule has 2 N–H and O–H groups in total. The second kappa shape index (κ2) is 9.92. The summed E-state index contributed by atoms with van der Waals surface area (Å²) in [5.41, 5.74) is -0.359. The van der Waals surface area contributed by atoms with Crippen molar-refractivity contribution in [2.45, 2.75) is 23.8 Å². The van der Waals surface area contributed by atoms with Gasteiger partial charge in [0.15, 0.2) is 0 Å². The van der Waals surface area contributed by atoms with Gasteiger partial charge in [-0.1, -0.05) is 23.2 Å². The first-order valence-corrected chi connectivity index (χ1v) is 10.6. The Morgan fingerprint density at radius 1 is 1.10 bits per heavy atom. The zero-order valence-electron chi connectivity index (χ0n) is 14.9. The van der Waals surface area contributed by atoms with Gasteiger partial charge in [-0.15, -0.1) is 12.4 Å². The Morgan fingerprint density at radius 3 is 2.31 bits per heavy atom. The van der Waals surface area contributed by atoms with Crippen LogP contribution in [0.3, 0.4) is 0 Å². The summed E-state index contributed by atoms with van der Waals surface area (Å²) in [5, 5.41) is 14.9. The van der Waals surface area contributed by atoms with E-state index >= 15 is 0 Å². The predicted octanol–water partition coefficient (Wildman–Crippen LogP) is 4.15. The average Bonchev–Trinajstić information content (AvgIpc) is 2.61. The molecular weight excluding hydrogens is 465 g/mol. The molecule has 0 radical (unpaired) electrons. The number of rotatable bonds is 6. The second-order valence-corrected chi connectivity index (χ2v) is 8.80. The number of hydrogen-bond acceptors (Lipinski definition) is 6. The molecule has 0 bridgehead atoms. The lowest BCUT2D eigenvalue weighted by molar-refractivity contribution is -0.385. The number of benzene rings is 2. The van der Waals surface area contributed by atoms with Crippen molar-refractivity contribution in [3.63, 3.8) is 0 Å². The number of nitro benzene ring substituents is 1. The van der Waals surface area contributed by atoms with Gasteiger partial charge < -0.3 is 10.1 Å². The van der Waals surface area contributed by atoms with Crippen LogP contribution in [0.15, 0.2) is 41.3 Å². The molecule has 1 aliphatic rings. The molecule has 1 fully saturated rings. The first kappa shape index (κ1) is 23.7. The van der Waals surface area contributed by atoms with E-state index in [-0.39, 0.29) is 40.5 Å². The normalized spacial score (nSPS) is 14.8. The van der Waals surface area contributed by atoms with Gasteiger partial charge in [0.1, 0.15) is 16.4 Å². The molecule has 12 heteroatoms. The molecule has 1 heterocycles. The highest BCUT2D eigenvalue weighted by Crippen LogP contribution is 2.34. The monoisotopic (exact) mass is 481 g/mol. The van der Waals surface area contributed by atoms with E-state index in [1.54, 1.807) is 0 Å². The van der Waals surface area contributed by atoms with Gasteiger partial charge in [0.2, 0.25) is 10.0 Å². The number of nitrogens with one attached hydrogen (secondary N) is 2. The third-order valence-electron chi connectivity index (χ3n) is 4.15. The van der Waals surface area contributed by atoms with Crippen LogP contribution in [0.5, 0.6) is 11.5 Å². The van der Waals surface area contributed by atoms with E-state index in [9.17, 15) is 18.5 Å². The molecule has 0 amide bonds. The molecule has 0 unspecified atom stereocenters. The van der Waals surface area contributed by atoms with Crippen LogP contribution in [-0.2, 0) is 10.0 Å². The summed E-state index contributed by atoms with van der Waals surface area (Å²) < 4.78 is 34.1. The van der Waals surface area contributed by atoms with Gasteiger partial charge in [0.25, 0.3) is 5.69 Å². The Labute approximate surface area is 184 Å². The molecular formula is C17H18Cl3N3O5S. The SMILES string of the molecule is Cl.O=[N+]([O-])c1ccc(Oc2cc(Cl)cc(Cl)c2)c(S(=O)(=O)NC2CCNCC2)c1. The second-order valence-electron chi connectivity index (χ2n) is 6.24. The molecule has 0 aromatic heterocycles. The minimum atomic E-state index is -4.06. The lowest BCUT2D eigenvalue weighted by atomic mass is 10.1. The van der Waals surface area contributed by atoms with Crippen LogP contribution in [0, 0.1) is 10.1 Å². The van der Waals surface area contributed by atoms with Crippen molar-refractivity contribution in [2.75, 3.05) is 13.1 Å². The Kier molecular flexibility index (Phi) is 8.10. The summed E-state index contributed by atoms with van der Waals surface area (Å²) in [7, 11) is -4.06. The minimum Gasteiger partial charge on any atom is -0.456 e. The molecule has 8 nitrogen and oxygen atoms in total. The lowest BCUT2D eigenvalue weighted by Crippen LogP contribution is -2.42. The van der Waals surface area contributed by atoms with Crippen molar-refractivity contribution in [3.05, 3.63) is 56.6 Å². The van der Waals surface area contributed by atoms with Gasteiger partial charge in [-0.25, -0.2) is 13.1 Å². The lowest BCUT2D eigenvalue weighted by Gasteiger charge is -2.24. The topological polar surface area (TPSA) is 111 Å². The number of nitrogens with zero attached hydrogens (tertiary/aromatic N) is 1. The standard InChI is InChI=1S/C17H17Cl2N3O5S.ClH/c18-11-7-12(19)9-15(8-11)27-16-2-1-14(22(23)24)10-17(16)28(25,26)21-13-3-5-20-6-4-13;/h1-2,7-10,13,20-21H,3-6H2;1H. The molecule has 0 aliphatic carbocycles. The van der Waals surface area contributed by atoms with Gasteiger partial charge in [-0.05, 0) is 50.2 Å². The molecule has 0 saturated carbocycles. The fourth-order valence-electron chi connectivity index (χ4n) is 2.84. The van der Waals surface area contributed by atoms with Gasteiger partial charge in [-0.2, -0.15) is 0 Å². The van der Waals surface area contributed by atoms with Gasteiger partial charge in [0.05, 0.1) is 4.92 Å². The van der Waals surface area contributed by atoms with Gasteiger partial charge in [0, 0.05) is 28.2 Å². The van der Waals surface area contributed by atoms with E-state index in [0.717, 1.165) is 6.07 Å². The van der Waals surface area contributed by atoms with Crippen LogP contribution < -0.4 is 14.8 Å². The molecule has 0 spiro atoms. The maximum Gasteiger partial charge on any atom is 0.271 e. The molecule has 2 aromatic rings. The number of ether oxygens (including phenoxy) is 1. The molecule has 0 atom stereocenters. The largest absolute Gasteiger partial charge is 0.456 e. The zero-order chi connectivity index (χ0) is 20.3. The smallest absolute Gasteiger partial charge is 0.271 e. The third kappa shape index (κ3) is 6.18. The first-order chi connectivity index (χ1) is 13.2. The van der Waals surface area contributed by atoms with E-state index in [2.05, 4.69) is 10.0 Å². The van der Waals surface area contributed by atoms with E-state index in [1.165, 1.54) is 30.3 Å². The Bertz CT molecular complexity index is 978. The number of hydrogen-bond donors (Lipinski definition) is 2. The fraction of sp³-hybridized carbons (Fsp3) is 0.294.